The van der Waals surface area contributed by atoms with Gasteiger partial charge in [0, 0.05) is 67.2 Å². The predicted octanol–water partition coefficient (Wildman–Crippen LogP) is 13.8. The molecule has 2 amide bonds. The second kappa shape index (κ2) is 29.9. The lowest BCUT2D eigenvalue weighted by molar-refractivity contribution is -0.143. The number of nitrogens with one attached hydrogen (secondary N) is 1. The van der Waals surface area contributed by atoms with Crippen LogP contribution in [-0.4, -0.2) is 90.5 Å². The monoisotopic (exact) mass is 1100 g/mol. The lowest BCUT2D eigenvalue weighted by atomic mass is 9.84. The number of benzene rings is 6. The van der Waals surface area contributed by atoms with Crippen molar-refractivity contribution in [2.75, 3.05) is 32.8 Å². The summed E-state index contributed by atoms with van der Waals surface area (Å²) in [5.41, 5.74) is 6.71. The first-order chi connectivity index (χ1) is 39.5. The molecule has 82 heavy (non-hydrogen) atoms. The van der Waals surface area contributed by atoms with Crippen LogP contribution in [0.1, 0.15) is 136 Å². The summed E-state index contributed by atoms with van der Waals surface area (Å²) in [5, 5.41) is 12.0. The molecule has 0 saturated heterocycles. The summed E-state index contributed by atoms with van der Waals surface area (Å²) < 4.78 is 9.47. The van der Waals surface area contributed by atoms with Gasteiger partial charge in [-0.05, 0) is 79.0 Å². The number of carboxylic acid groups (broad SMARTS) is 1. The van der Waals surface area contributed by atoms with Crippen molar-refractivity contribution in [2.45, 2.75) is 106 Å². The van der Waals surface area contributed by atoms with Gasteiger partial charge in [0.1, 0.15) is 11.6 Å². The number of amides is 2. The Labute approximate surface area is 485 Å². The molecular formula is C69H81N7O6. The standard InChI is InChI=1S/C36H43N3O3.C33H38N4O3/c1-5-42-32(40)24-16-9-17-25-39(35(41)30-22-14-8-15-23-30)33(36(2,3)4)34-37-31(29-20-12-7-13-21-29)27-38(34)26-28-18-10-6-11-19-28;1-33(2,3)30(37(21-13-20-34-22-29(38)39)32(40)27-18-11-6-12-19-27)31-35-28(26-16-9-5-10-17-26)24-36(31)23-25-14-7-4-8-15-25/h6-8,10-15,18-23,27,33H,5,9,16-17,24-26H2,1-4H3;4-12,14-19,24,30,34H,13,20-23H2,1-3H3,(H,38,39)/t33-;30-/m00/s1. The van der Waals surface area contributed by atoms with E-state index in [2.05, 4.69) is 105 Å². The number of rotatable bonds is 25. The van der Waals surface area contributed by atoms with E-state index in [9.17, 15) is 19.2 Å². The molecule has 0 unspecified atom stereocenters. The molecule has 0 radical (unpaired) electrons. The third kappa shape index (κ3) is 17.5. The van der Waals surface area contributed by atoms with E-state index in [0.717, 1.165) is 59.0 Å². The van der Waals surface area contributed by atoms with Gasteiger partial charge in [0.05, 0.1) is 36.6 Å². The fourth-order valence-corrected chi connectivity index (χ4v) is 10.3. The van der Waals surface area contributed by atoms with Crippen LogP contribution in [0, 0.1) is 10.8 Å². The number of aromatic nitrogens is 4. The van der Waals surface area contributed by atoms with Crippen LogP contribution in [0.4, 0.5) is 0 Å². The first-order valence-electron chi connectivity index (χ1n) is 28.6. The summed E-state index contributed by atoms with van der Waals surface area (Å²) >= 11 is 0. The highest BCUT2D eigenvalue weighted by Crippen LogP contribution is 2.42. The molecule has 0 aliphatic heterocycles. The second-order valence-corrected chi connectivity index (χ2v) is 22.7. The highest BCUT2D eigenvalue weighted by Gasteiger charge is 2.40. The van der Waals surface area contributed by atoms with Crippen molar-refractivity contribution in [3.8, 4) is 22.5 Å². The number of aliphatic carboxylic acids is 1. The highest BCUT2D eigenvalue weighted by molar-refractivity contribution is 5.95. The number of unbranched alkanes of at least 4 members (excludes halogenated alkanes) is 2. The maximum Gasteiger partial charge on any atom is 0.317 e. The van der Waals surface area contributed by atoms with Gasteiger partial charge in [-0.25, -0.2) is 9.97 Å². The first kappa shape index (κ1) is 61.2. The number of hydrogen-bond donors (Lipinski definition) is 2. The fraction of sp³-hybridized carbons (Fsp3) is 0.333. The minimum absolute atomic E-state index is 0.0172. The van der Waals surface area contributed by atoms with Crippen LogP contribution < -0.4 is 5.32 Å². The average molecular weight is 1100 g/mol. The molecule has 0 aliphatic carbocycles. The molecule has 8 rings (SSSR count). The number of hydrogen-bond acceptors (Lipinski definition) is 8. The van der Waals surface area contributed by atoms with Crippen LogP contribution in [0.5, 0.6) is 0 Å². The second-order valence-electron chi connectivity index (χ2n) is 22.7. The van der Waals surface area contributed by atoms with E-state index in [1.165, 1.54) is 5.56 Å². The Hall–Kier alpha value is -8.42. The molecule has 0 aliphatic rings. The maximum absolute atomic E-state index is 14.2. The lowest BCUT2D eigenvalue weighted by Gasteiger charge is -2.40. The number of nitrogens with zero attached hydrogens (tertiary/aromatic N) is 6. The smallest absolute Gasteiger partial charge is 0.317 e. The fourth-order valence-electron chi connectivity index (χ4n) is 10.3. The molecule has 0 spiro atoms. The van der Waals surface area contributed by atoms with Gasteiger partial charge in [-0.1, -0.05) is 206 Å². The van der Waals surface area contributed by atoms with Crippen molar-refractivity contribution in [2.24, 2.45) is 10.8 Å². The minimum Gasteiger partial charge on any atom is -0.480 e. The van der Waals surface area contributed by atoms with Crippen molar-refractivity contribution < 1.29 is 29.0 Å². The van der Waals surface area contributed by atoms with E-state index in [-0.39, 0.29) is 47.2 Å². The van der Waals surface area contributed by atoms with Crippen LogP contribution in [-0.2, 0) is 27.4 Å². The number of carbonyl (C=O) groups excluding carboxylic acids is 3. The Balaban J connectivity index is 0.000000236. The molecule has 2 heterocycles. The quantitative estimate of drug-likeness (QED) is 0.0421. The molecule has 0 saturated carbocycles. The van der Waals surface area contributed by atoms with Gasteiger partial charge in [0.2, 0.25) is 0 Å². The Morgan fingerprint density at radius 3 is 1.28 bits per heavy atom. The van der Waals surface area contributed by atoms with Gasteiger partial charge in [-0.15, -0.1) is 0 Å². The molecule has 13 nitrogen and oxygen atoms in total. The van der Waals surface area contributed by atoms with Gasteiger partial charge < -0.3 is 34.1 Å². The number of esters is 1. The summed E-state index contributed by atoms with van der Waals surface area (Å²) in [6.45, 7) is 17.8. The van der Waals surface area contributed by atoms with Crippen LogP contribution in [0.2, 0.25) is 0 Å². The molecule has 2 N–H and O–H groups in total. The Morgan fingerprint density at radius 1 is 0.524 bits per heavy atom. The summed E-state index contributed by atoms with van der Waals surface area (Å²) in [6.07, 6.45) is 7.51. The molecular weight excluding hydrogens is 1020 g/mol. The third-order valence-corrected chi connectivity index (χ3v) is 14.1. The zero-order chi connectivity index (χ0) is 58.5. The zero-order valence-electron chi connectivity index (χ0n) is 48.8. The van der Waals surface area contributed by atoms with E-state index in [1.807, 2.05) is 162 Å². The van der Waals surface area contributed by atoms with Crippen molar-refractivity contribution in [3.05, 3.63) is 228 Å². The summed E-state index contributed by atoms with van der Waals surface area (Å²) in [5.74, 6) is 0.518. The van der Waals surface area contributed by atoms with Crippen LogP contribution in [0.25, 0.3) is 22.5 Å². The molecule has 13 heteroatoms. The van der Waals surface area contributed by atoms with Crippen molar-refractivity contribution in [1.82, 2.24) is 34.2 Å². The van der Waals surface area contributed by atoms with Gasteiger partial charge in [-0.2, -0.15) is 0 Å². The highest BCUT2D eigenvalue weighted by atomic mass is 16.5. The third-order valence-electron chi connectivity index (χ3n) is 14.1. The predicted molar refractivity (Wildman–Crippen MR) is 326 cm³/mol. The summed E-state index contributed by atoms with van der Waals surface area (Å²) in [6, 6.07) is 59.1. The van der Waals surface area contributed by atoms with E-state index in [0.29, 0.717) is 63.3 Å². The van der Waals surface area contributed by atoms with Crippen molar-refractivity contribution in [1.29, 1.82) is 0 Å². The molecule has 0 bridgehead atoms. The number of ether oxygens (including phenoxy) is 1. The van der Waals surface area contributed by atoms with Crippen LogP contribution in [0.15, 0.2) is 194 Å². The SMILES string of the molecule is CC(C)(C)[C@H](c1nc(-c2ccccc2)cn1Cc1ccccc1)N(CCCNCC(=O)O)C(=O)c1ccccc1.CCOC(=O)CCCCCN(C(=O)c1ccccc1)[C@@H](c1nc(-c2ccccc2)cn1Cc1ccccc1)C(C)(C)C. The lowest BCUT2D eigenvalue weighted by Crippen LogP contribution is -2.43. The Kier molecular flexibility index (Phi) is 22.3. The normalized spacial score (nSPS) is 12.1. The van der Waals surface area contributed by atoms with Crippen LogP contribution >= 0.6 is 0 Å². The first-order valence-corrected chi connectivity index (χ1v) is 28.6. The summed E-state index contributed by atoms with van der Waals surface area (Å²) in [4.78, 5) is 65.5. The van der Waals surface area contributed by atoms with Gasteiger partial charge in [0.15, 0.2) is 0 Å². The minimum atomic E-state index is -0.902. The number of imidazole rings is 2. The molecule has 6 aromatic carbocycles. The zero-order valence-corrected chi connectivity index (χ0v) is 48.8. The number of carboxylic acids is 1. The van der Waals surface area contributed by atoms with Crippen LogP contribution in [0.3, 0.4) is 0 Å². The van der Waals surface area contributed by atoms with Gasteiger partial charge >= 0.3 is 11.9 Å². The Bertz CT molecular complexity index is 3230. The van der Waals surface area contributed by atoms with Gasteiger partial charge in [-0.3, -0.25) is 19.2 Å². The molecule has 428 valence electrons. The number of carbonyl (C=O) groups is 4. The van der Waals surface area contributed by atoms with E-state index < -0.39 is 5.97 Å². The Morgan fingerprint density at radius 2 is 0.902 bits per heavy atom. The van der Waals surface area contributed by atoms with E-state index >= 15 is 0 Å². The largest absolute Gasteiger partial charge is 0.480 e. The van der Waals surface area contributed by atoms with Crippen molar-refractivity contribution in [3.63, 3.8) is 0 Å². The van der Waals surface area contributed by atoms with Gasteiger partial charge in [0.25, 0.3) is 11.8 Å². The molecule has 8 aromatic rings. The van der Waals surface area contributed by atoms with E-state index in [4.69, 9.17) is 19.8 Å². The average Bonchev–Trinajstić information content (AvgIpc) is 3.55. The molecule has 0 fully saturated rings. The van der Waals surface area contributed by atoms with E-state index in [1.54, 1.807) is 0 Å². The maximum atomic E-state index is 14.2. The van der Waals surface area contributed by atoms with Crippen molar-refractivity contribution >= 4 is 23.8 Å². The molecule has 2 atom stereocenters. The summed E-state index contributed by atoms with van der Waals surface area (Å²) in [7, 11) is 0. The topological polar surface area (TPSA) is 152 Å². The molecule has 2 aromatic heterocycles.